The van der Waals surface area contributed by atoms with Gasteiger partial charge < -0.3 is 9.30 Å². The summed E-state index contributed by atoms with van der Waals surface area (Å²) in [6.45, 7) is 0.909. The number of fused-ring (bicyclic) bond motifs is 1. The highest BCUT2D eigenvalue weighted by molar-refractivity contribution is 5.71. The maximum atomic E-state index is 5.95. The standard InChI is InChI=1S/C18H25N3O/c1-2-7-14(8-3-1)21-17(13-15-9-4-5-12-22-15)20-16-10-6-11-19-18(16)21/h6,10-11,14-15H,1-5,7-9,12-13H2. The molecule has 0 aromatic carbocycles. The lowest BCUT2D eigenvalue weighted by atomic mass is 9.95. The molecule has 22 heavy (non-hydrogen) atoms. The van der Waals surface area contributed by atoms with Gasteiger partial charge in [0.25, 0.3) is 0 Å². The fourth-order valence-electron chi connectivity index (χ4n) is 4.02. The molecule has 1 saturated carbocycles. The quantitative estimate of drug-likeness (QED) is 0.858. The minimum atomic E-state index is 0.341. The van der Waals surface area contributed by atoms with Gasteiger partial charge in [-0.15, -0.1) is 0 Å². The van der Waals surface area contributed by atoms with Crippen molar-refractivity contribution in [3.05, 3.63) is 24.2 Å². The van der Waals surface area contributed by atoms with Crippen LogP contribution >= 0.6 is 0 Å². The van der Waals surface area contributed by atoms with Crippen molar-refractivity contribution in [3.63, 3.8) is 0 Å². The molecule has 4 rings (SSSR count). The van der Waals surface area contributed by atoms with E-state index in [1.807, 2.05) is 12.3 Å². The number of rotatable bonds is 3. The first-order valence-corrected chi connectivity index (χ1v) is 8.85. The van der Waals surface area contributed by atoms with Gasteiger partial charge in [0, 0.05) is 25.3 Å². The first-order chi connectivity index (χ1) is 10.9. The van der Waals surface area contributed by atoms with Crippen LogP contribution in [0.3, 0.4) is 0 Å². The van der Waals surface area contributed by atoms with Gasteiger partial charge in [0.05, 0.1) is 6.10 Å². The second-order valence-corrected chi connectivity index (χ2v) is 6.73. The molecule has 0 amide bonds. The van der Waals surface area contributed by atoms with Crippen LogP contribution in [0.2, 0.25) is 0 Å². The molecule has 0 radical (unpaired) electrons. The monoisotopic (exact) mass is 299 g/mol. The number of hydrogen-bond acceptors (Lipinski definition) is 3. The van der Waals surface area contributed by atoms with Gasteiger partial charge in [0.2, 0.25) is 0 Å². The smallest absolute Gasteiger partial charge is 0.160 e. The molecule has 0 spiro atoms. The van der Waals surface area contributed by atoms with Crippen molar-refractivity contribution in [2.24, 2.45) is 0 Å². The molecule has 2 aromatic heterocycles. The third-order valence-corrected chi connectivity index (χ3v) is 5.15. The number of aromatic nitrogens is 3. The molecule has 1 saturated heterocycles. The number of ether oxygens (including phenoxy) is 1. The van der Waals surface area contributed by atoms with Crippen molar-refractivity contribution >= 4 is 11.2 Å². The van der Waals surface area contributed by atoms with Crippen LogP contribution in [0.5, 0.6) is 0 Å². The summed E-state index contributed by atoms with van der Waals surface area (Å²) in [5.41, 5.74) is 2.11. The summed E-state index contributed by atoms with van der Waals surface area (Å²) in [5, 5.41) is 0. The van der Waals surface area contributed by atoms with E-state index < -0.39 is 0 Å². The molecule has 3 heterocycles. The summed E-state index contributed by atoms with van der Waals surface area (Å²) < 4.78 is 8.38. The normalized spacial score (nSPS) is 23.9. The Morgan fingerprint density at radius 2 is 1.95 bits per heavy atom. The van der Waals surface area contributed by atoms with Gasteiger partial charge in [-0.2, -0.15) is 0 Å². The molecular formula is C18H25N3O. The minimum Gasteiger partial charge on any atom is -0.378 e. The van der Waals surface area contributed by atoms with Crippen molar-refractivity contribution in [2.45, 2.75) is 69.9 Å². The van der Waals surface area contributed by atoms with Crippen molar-refractivity contribution in [1.82, 2.24) is 14.5 Å². The van der Waals surface area contributed by atoms with Gasteiger partial charge in [-0.1, -0.05) is 19.3 Å². The maximum absolute atomic E-state index is 5.95. The summed E-state index contributed by atoms with van der Waals surface area (Å²) in [4.78, 5) is 9.53. The zero-order chi connectivity index (χ0) is 14.8. The average Bonchev–Trinajstić information content (AvgIpc) is 2.94. The summed E-state index contributed by atoms with van der Waals surface area (Å²) >= 11 is 0. The second kappa shape index (κ2) is 6.37. The lowest BCUT2D eigenvalue weighted by Gasteiger charge is -2.27. The van der Waals surface area contributed by atoms with E-state index >= 15 is 0 Å². The second-order valence-electron chi connectivity index (χ2n) is 6.73. The molecule has 2 fully saturated rings. The van der Waals surface area contributed by atoms with Gasteiger partial charge in [0.1, 0.15) is 11.3 Å². The maximum Gasteiger partial charge on any atom is 0.160 e. The van der Waals surface area contributed by atoms with E-state index in [4.69, 9.17) is 9.72 Å². The molecule has 1 aliphatic carbocycles. The molecule has 0 N–H and O–H groups in total. The van der Waals surface area contributed by atoms with Crippen LogP contribution in [0.25, 0.3) is 11.2 Å². The number of imidazole rings is 1. The molecule has 1 unspecified atom stereocenters. The lowest BCUT2D eigenvalue weighted by molar-refractivity contribution is 0.0149. The molecule has 1 atom stereocenters. The summed E-state index contributed by atoms with van der Waals surface area (Å²) in [6.07, 6.45) is 13.4. The van der Waals surface area contributed by atoms with E-state index in [2.05, 4.69) is 15.6 Å². The largest absolute Gasteiger partial charge is 0.378 e. The van der Waals surface area contributed by atoms with E-state index in [0.29, 0.717) is 12.1 Å². The Balaban J connectivity index is 1.68. The van der Waals surface area contributed by atoms with Crippen LogP contribution in [0.1, 0.15) is 63.2 Å². The van der Waals surface area contributed by atoms with Gasteiger partial charge >= 0.3 is 0 Å². The molecule has 2 aromatic rings. The first-order valence-electron chi connectivity index (χ1n) is 8.85. The van der Waals surface area contributed by atoms with Gasteiger partial charge in [-0.3, -0.25) is 0 Å². The SMILES string of the molecule is c1cnc2c(c1)nc(CC1CCCCO1)n2C1CCCCC1. The minimum absolute atomic E-state index is 0.341. The Kier molecular flexibility index (Phi) is 4.11. The fourth-order valence-corrected chi connectivity index (χ4v) is 4.02. The van der Waals surface area contributed by atoms with E-state index in [9.17, 15) is 0 Å². The number of hydrogen-bond donors (Lipinski definition) is 0. The summed E-state index contributed by atoms with van der Waals surface area (Å²) in [6, 6.07) is 4.65. The van der Waals surface area contributed by atoms with Crippen LogP contribution in [-0.4, -0.2) is 27.2 Å². The molecule has 2 aliphatic rings. The van der Waals surface area contributed by atoms with Gasteiger partial charge in [0.15, 0.2) is 5.65 Å². The highest BCUT2D eigenvalue weighted by Gasteiger charge is 2.24. The molecule has 1 aliphatic heterocycles. The third-order valence-electron chi connectivity index (χ3n) is 5.15. The molecule has 4 heteroatoms. The van der Waals surface area contributed by atoms with Crippen LogP contribution in [0.4, 0.5) is 0 Å². The predicted octanol–water partition coefficient (Wildman–Crippen LogP) is 4.05. The van der Waals surface area contributed by atoms with Crippen molar-refractivity contribution in [2.75, 3.05) is 6.61 Å². The Hall–Kier alpha value is -1.42. The molecule has 118 valence electrons. The average molecular weight is 299 g/mol. The highest BCUT2D eigenvalue weighted by Crippen LogP contribution is 2.32. The number of nitrogens with zero attached hydrogens (tertiary/aromatic N) is 3. The van der Waals surface area contributed by atoms with Crippen LogP contribution in [-0.2, 0) is 11.2 Å². The Morgan fingerprint density at radius 1 is 1.09 bits per heavy atom. The van der Waals surface area contributed by atoms with Crippen LogP contribution < -0.4 is 0 Å². The topological polar surface area (TPSA) is 39.9 Å². The van der Waals surface area contributed by atoms with Crippen molar-refractivity contribution in [1.29, 1.82) is 0 Å². The number of pyridine rings is 1. The predicted molar refractivity (Wildman–Crippen MR) is 86.9 cm³/mol. The Bertz CT molecular complexity index is 624. The molecule has 0 bridgehead atoms. The van der Waals surface area contributed by atoms with Crippen LogP contribution in [0, 0.1) is 0 Å². The van der Waals surface area contributed by atoms with Crippen LogP contribution in [0.15, 0.2) is 18.3 Å². The van der Waals surface area contributed by atoms with Gasteiger partial charge in [-0.05, 0) is 44.2 Å². The third kappa shape index (κ3) is 2.76. The Morgan fingerprint density at radius 3 is 2.77 bits per heavy atom. The van der Waals surface area contributed by atoms with E-state index in [-0.39, 0.29) is 0 Å². The van der Waals surface area contributed by atoms with E-state index in [1.165, 1.54) is 57.2 Å². The zero-order valence-electron chi connectivity index (χ0n) is 13.2. The fraction of sp³-hybridized carbons (Fsp3) is 0.667. The lowest BCUT2D eigenvalue weighted by Crippen LogP contribution is -2.24. The Labute approximate surface area is 131 Å². The van der Waals surface area contributed by atoms with Crippen molar-refractivity contribution in [3.8, 4) is 0 Å². The van der Waals surface area contributed by atoms with Gasteiger partial charge in [-0.25, -0.2) is 9.97 Å². The van der Waals surface area contributed by atoms with E-state index in [0.717, 1.165) is 24.2 Å². The van der Waals surface area contributed by atoms with Crippen molar-refractivity contribution < 1.29 is 4.74 Å². The first kappa shape index (κ1) is 14.2. The summed E-state index contributed by atoms with van der Waals surface area (Å²) in [5.74, 6) is 1.19. The molecular weight excluding hydrogens is 274 g/mol. The van der Waals surface area contributed by atoms with E-state index in [1.54, 1.807) is 0 Å². The summed E-state index contributed by atoms with van der Waals surface area (Å²) in [7, 11) is 0. The zero-order valence-corrected chi connectivity index (χ0v) is 13.2. The highest BCUT2D eigenvalue weighted by atomic mass is 16.5. The molecule has 4 nitrogen and oxygen atoms in total.